The predicted octanol–water partition coefficient (Wildman–Crippen LogP) is 5.41. The van der Waals surface area contributed by atoms with E-state index in [0.717, 1.165) is 24.0 Å². The first-order valence-electron chi connectivity index (χ1n) is 6.51. The predicted molar refractivity (Wildman–Crippen MR) is 89.4 cm³/mol. The second-order valence-corrected chi connectivity index (χ2v) is 6.36. The largest absolute Gasteiger partial charge is 0.506 e. The van der Waals surface area contributed by atoms with Crippen LogP contribution in [0.5, 0.6) is 11.5 Å². The highest BCUT2D eigenvalue weighted by atomic mass is 79.9. The lowest BCUT2D eigenvalue weighted by Gasteiger charge is -2.13. The Morgan fingerprint density at radius 1 is 0.750 bits per heavy atom. The van der Waals surface area contributed by atoms with Gasteiger partial charge in [0.1, 0.15) is 11.5 Å². The Balaban J connectivity index is 2.73. The van der Waals surface area contributed by atoms with Crippen LogP contribution >= 0.6 is 31.9 Å². The molecule has 0 atom stereocenters. The fraction of sp³-hybridized carbons (Fsp3) is 0.250. The molecule has 20 heavy (non-hydrogen) atoms. The smallest absolute Gasteiger partial charge is 0.137 e. The van der Waals surface area contributed by atoms with Crippen molar-refractivity contribution in [2.24, 2.45) is 0 Å². The average Bonchev–Trinajstić information content (AvgIpc) is 2.44. The molecule has 106 valence electrons. The molecule has 0 aliphatic carbocycles. The number of phenols is 2. The van der Waals surface area contributed by atoms with Crippen LogP contribution in [0.15, 0.2) is 33.2 Å². The zero-order valence-electron chi connectivity index (χ0n) is 11.4. The van der Waals surface area contributed by atoms with Crippen LogP contribution in [0.2, 0.25) is 0 Å². The van der Waals surface area contributed by atoms with Crippen LogP contribution in [0.25, 0.3) is 11.1 Å². The summed E-state index contributed by atoms with van der Waals surface area (Å²) in [4.78, 5) is 0. The maximum Gasteiger partial charge on any atom is 0.137 e. The van der Waals surface area contributed by atoms with Crippen molar-refractivity contribution in [3.8, 4) is 22.6 Å². The molecule has 0 aliphatic heterocycles. The summed E-state index contributed by atoms with van der Waals surface area (Å²) in [6, 6.07) is 7.63. The van der Waals surface area contributed by atoms with Gasteiger partial charge >= 0.3 is 0 Å². The summed E-state index contributed by atoms with van der Waals surface area (Å²) in [5.41, 5.74) is 3.48. The van der Waals surface area contributed by atoms with E-state index >= 15 is 0 Å². The molecular formula is C16H16Br2O2. The lowest BCUT2D eigenvalue weighted by Crippen LogP contribution is -1.90. The molecule has 4 heteroatoms. The van der Waals surface area contributed by atoms with E-state index in [2.05, 4.69) is 45.7 Å². The Morgan fingerprint density at radius 3 is 1.40 bits per heavy atom. The fourth-order valence-corrected chi connectivity index (χ4v) is 3.14. The standard InChI is InChI=1S/C16H16Br2O2/c1-3-9-5-11(15(19)13(17)7-9)12-6-10(4-2)8-14(18)16(12)20/h5-8,19-20H,3-4H2,1-2H3. The van der Waals surface area contributed by atoms with Crippen molar-refractivity contribution in [3.05, 3.63) is 44.3 Å². The van der Waals surface area contributed by atoms with Crippen molar-refractivity contribution in [1.82, 2.24) is 0 Å². The fourth-order valence-electron chi connectivity index (χ4n) is 2.13. The number of aromatic hydroxyl groups is 2. The van der Waals surface area contributed by atoms with Crippen LogP contribution in [-0.2, 0) is 12.8 Å². The highest BCUT2D eigenvalue weighted by molar-refractivity contribution is 9.11. The average molecular weight is 400 g/mol. The second-order valence-electron chi connectivity index (χ2n) is 4.65. The Labute approximate surface area is 135 Å². The molecule has 2 aromatic rings. The highest BCUT2D eigenvalue weighted by Gasteiger charge is 2.16. The van der Waals surface area contributed by atoms with Crippen LogP contribution in [0.1, 0.15) is 25.0 Å². The normalized spacial score (nSPS) is 10.8. The van der Waals surface area contributed by atoms with Crippen molar-refractivity contribution in [2.75, 3.05) is 0 Å². The first-order chi connectivity index (χ1) is 9.47. The minimum Gasteiger partial charge on any atom is -0.506 e. The van der Waals surface area contributed by atoms with Gasteiger partial charge in [0.2, 0.25) is 0 Å². The number of hydrogen-bond acceptors (Lipinski definition) is 2. The van der Waals surface area contributed by atoms with Crippen molar-refractivity contribution < 1.29 is 10.2 Å². The Hall–Kier alpha value is -1.00. The molecule has 0 amide bonds. The zero-order chi connectivity index (χ0) is 14.9. The first-order valence-corrected chi connectivity index (χ1v) is 8.09. The lowest BCUT2D eigenvalue weighted by atomic mass is 9.97. The van der Waals surface area contributed by atoms with Gasteiger partial charge < -0.3 is 10.2 Å². The van der Waals surface area contributed by atoms with Gasteiger partial charge in [-0.2, -0.15) is 0 Å². The van der Waals surface area contributed by atoms with E-state index in [4.69, 9.17) is 0 Å². The van der Waals surface area contributed by atoms with Gasteiger partial charge in [-0.15, -0.1) is 0 Å². The highest BCUT2D eigenvalue weighted by Crippen LogP contribution is 2.43. The van der Waals surface area contributed by atoms with E-state index in [-0.39, 0.29) is 11.5 Å². The third-order valence-electron chi connectivity index (χ3n) is 3.35. The van der Waals surface area contributed by atoms with Crippen molar-refractivity contribution in [2.45, 2.75) is 26.7 Å². The molecule has 0 bridgehead atoms. The van der Waals surface area contributed by atoms with E-state index in [1.54, 1.807) is 0 Å². The van der Waals surface area contributed by atoms with Crippen LogP contribution in [0.4, 0.5) is 0 Å². The van der Waals surface area contributed by atoms with Gasteiger partial charge in [0.15, 0.2) is 0 Å². The van der Waals surface area contributed by atoms with Crippen molar-refractivity contribution >= 4 is 31.9 Å². The number of rotatable bonds is 3. The van der Waals surface area contributed by atoms with Gasteiger partial charge in [0, 0.05) is 11.1 Å². The van der Waals surface area contributed by atoms with Crippen LogP contribution in [0.3, 0.4) is 0 Å². The van der Waals surface area contributed by atoms with E-state index in [0.29, 0.717) is 20.1 Å². The second kappa shape index (κ2) is 6.19. The SMILES string of the molecule is CCc1cc(Br)c(O)c(-c2cc(CC)cc(Br)c2O)c1. The van der Waals surface area contributed by atoms with E-state index < -0.39 is 0 Å². The van der Waals surface area contributed by atoms with Gasteiger partial charge in [-0.25, -0.2) is 0 Å². The minimum absolute atomic E-state index is 0.151. The molecular weight excluding hydrogens is 384 g/mol. The van der Waals surface area contributed by atoms with E-state index in [1.165, 1.54) is 0 Å². The molecule has 0 saturated heterocycles. The zero-order valence-corrected chi connectivity index (χ0v) is 14.5. The number of aryl methyl sites for hydroxylation is 2. The summed E-state index contributed by atoms with van der Waals surface area (Å²) in [6.45, 7) is 4.11. The maximum absolute atomic E-state index is 10.3. The number of phenolic OH excluding ortho intramolecular Hbond substituents is 2. The molecule has 0 unspecified atom stereocenters. The third kappa shape index (κ3) is 2.86. The molecule has 2 N–H and O–H groups in total. The summed E-state index contributed by atoms with van der Waals surface area (Å²) >= 11 is 6.74. The van der Waals surface area contributed by atoms with E-state index in [9.17, 15) is 10.2 Å². The lowest BCUT2D eigenvalue weighted by molar-refractivity contribution is 0.465. The van der Waals surface area contributed by atoms with Crippen molar-refractivity contribution in [3.63, 3.8) is 0 Å². The van der Waals surface area contributed by atoms with Gasteiger partial charge in [0.25, 0.3) is 0 Å². The number of benzene rings is 2. The maximum atomic E-state index is 10.3. The number of hydrogen-bond donors (Lipinski definition) is 2. The molecule has 0 saturated carbocycles. The third-order valence-corrected chi connectivity index (χ3v) is 4.56. The van der Waals surface area contributed by atoms with Crippen LogP contribution in [-0.4, -0.2) is 10.2 Å². The van der Waals surface area contributed by atoms with Crippen LogP contribution < -0.4 is 0 Å². The monoisotopic (exact) mass is 398 g/mol. The van der Waals surface area contributed by atoms with Gasteiger partial charge in [-0.1, -0.05) is 13.8 Å². The molecule has 0 fully saturated rings. The molecule has 2 nitrogen and oxygen atoms in total. The molecule has 0 spiro atoms. The molecule has 0 radical (unpaired) electrons. The Bertz CT molecular complexity index is 594. The first kappa shape index (κ1) is 15.4. The summed E-state index contributed by atoms with van der Waals surface area (Å²) in [5, 5.41) is 20.6. The summed E-state index contributed by atoms with van der Waals surface area (Å²) in [6.07, 6.45) is 1.72. The topological polar surface area (TPSA) is 40.5 Å². The van der Waals surface area contributed by atoms with Gasteiger partial charge in [-0.3, -0.25) is 0 Å². The molecule has 0 aromatic heterocycles. The van der Waals surface area contributed by atoms with E-state index in [1.807, 2.05) is 24.3 Å². The Kier molecular flexibility index (Phi) is 4.76. The van der Waals surface area contributed by atoms with Crippen LogP contribution in [0, 0.1) is 0 Å². The molecule has 0 heterocycles. The summed E-state index contributed by atoms with van der Waals surface area (Å²) in [5.74, 6) is 0.301. The Morgan fingerprint density at radius 2 is 1.10 bits per heavy atom. The molecule has 2 rings (SSSR count). The number of halogens is 2. The summed E-state index contributed by atoms with van der Waals surface area (Å²) in [7, 11) is 0. The minimum atomic E-state index is 0.151. The quantitative estimate of drug-likeness (QED) is 0.723. The van der Waals surface area contributed by atoms with Gasteiger partial charge in [-0.05, 0) is 80.1 Å². The summed E-state index contributed by atoms with van der Waals surface area (Å²) < 4.78 is 1.29. The molecule has 0 aliphatic rings. The van der Waals surface area contributed by atoms with Crippen molar-refractivity contribution in [1.29, 1.82) is 0 Å². The molecule has 2 aromatic carbocycles. The van der Waals surface area contributed by atoms with Gasteiger partial charge in [0.05, 0.1) is 8.95 Å².